The van der Waals surface area contributed by atoms with Crippen LogP contribution in [0.15, 0.2) is 33.8 Å². The summed E-state index contributed by atoms with van der Waals surface area (Å²) in [5, 5.41) is 3.52. The molecule has 0 spiro atoms. The number of aryl methyl sites for hydroxylation is 1. The summed E-state index contributed by atoms with van der Waals surface area (Å²) in [6.07, 6.45) is 6.93. The van der Waals surface area contributed by atoms with E-state index >= 15 is 0 Å². The number of nitrogens with one attached hydrogen (secondary N) is 1. The van der Waals surface area contributed by atoms with Crippen molar-refractivity contribution in [1.29, 1.82) is 0 Å². The van der Waals surface area contributed by atoms with Crippen molar-refractivity contribution in [3.63, 3.8) is 0 Å². The fourth-order valence-electron chi connectivity index (χ4n) is 3.31. The standard InChI is InChI=1S/C19H25BrN4O2/c20-15-5-6-17-16(13-15)19(26)24(14-22-17)11-7-18(25)21-8-12-23-9-3-1-2-4-10-23/h5-6,13-14H,1-4,7-12H2,(H,21,25). The van der Waals surface area contributed by atoms with Crippen LogP contribution in [0, 0.1) is 0 Å². The fraction of sp³-hybridized carbons (Fsp3) is 0.526. The van der Waals surface area contributed by atoms with Crippen LogP contribution in [0.4, 0.5) is 0 Å². The maximum Gasteiger partial charge on any atom is 0.261 e. The molecule has 0 radical (unpaired) electrons. The Kier molecular flexibility index (Phi) is 6.80. The molecule has 1 N–H and O–H groups in total. The van der Waals surface area contributed by atoms with Gasteiger partial charge < -0.3 is 10.2 Å². The quantitative estimate of drug-likeness (QED) is 0.779. The van der Waals surface area contributed by atoms with Crippen molar-refractivity contribution < 1.29 is 4.79 Å². The van der Waals surface area contributed by atoms with Crippen LogP contribution in [-0.4, -0.2) is 46.5 Å². The van der Waals surface area contributed by atoms with Crippen LogP contribution in [0.25, 0.3) is 10.9 Å². The normalized spacial score (nSPS) is 15.7. The minimum absolute atomic E-state index is 0.0268. The van der Waals surface area contributed by atoms with Gasteiger partial charge in [-0.1, -0.05) is 28.8 Å². The molecule has 0 bridgehead atoms. The Morgan fingerprint density at radius 2 is 1.92 bits per heavy atom. The van der Waals surface area contributed by atoms with E-state index in [1.807, 2.05) is 6.07 Å². The zero-order chi connectivity index (χ0) is 18.4. The molecule has 26 heavy (non-hydrogen) atoms. The van der Waals surface area contributed by atoms with E-state index in [0.29, 0.717) is 24.0 Å². The molecule has 6 nitrogen and oxygen atoms in total. The Morgan fingerprint density at radius 3 is 2.69 bits per heavy atom. The predicted octanol–water partition coefficient (Wildman–Crippen LogP) is 2.54. The monoisotopic (exact) mass is 420 g/mol. The van der Waals surface area contributed by atoms with Crippen LogP contribution >= 0.6 is 15.9 Å². The van der Waals surface area contributed by atoms with Crippen molar-refractivity contribution in [3.8, 4) is 0 Å². The summed E-state index contributed by atoms with van der Waals surface area (Å²) in [4.78, 5) is 31.3. The average molecular weight is 421 g/mol. The van der Waals surface area contributed by atoms with Gasteiger partial charge in [0, 0.05) is 30.5 Å². The molecule has 0 saturated carbocycles. The van der Waals surface area contributed by atoms with Crippen LogP contribution in [0.3, 0.4) is 0 Å². The third-order valence-electron chi connectivity index (χ3n) is 4.81. The topological polar surface area (TPSA) is 67.2 Å². The second-order valence-corrected chi connectivity index (χ2v) is 7.68. The lowest BCUT2D eigenvalue weighted by Gasteiger charge is -2.19. The first kappa shape index (κ1) is 19.0. The Bertz CT molecular complexity index is 813. The number of benzene rings is 1. The number of likely N-dealkylation sites (tertiary alicyclic amines) is 1. The lowest BCUT2D eigenvalue weighted by molar-refractivity contribution is -0.121. The molecular weight excluding hydrogens is 396 g/mol. The zero-order valence-corrected chi connectivity index (χ0v) is 16.5. The van der Waals surface area contributed by atoms with Gasteiger partial charge in [-0.25, -0.2) is 4.98 Å². The number of aromatic nitrogens is 2. The van der Waals surface area contributed by atoms with E-state index < -0.39 is 0 Å². The first-order chi connectivity index (χ1) is 12.6. The number of fused-ring (bicyclic) bond motifs is 1. The molecule has 1 saturated heterocycles. The molecule has 0 aliphatic carbocycles. The summed E-state index contributed by atoms with van der Waals surface area (Å²) < 4.78 is 2.34. The van der Waals surface area contributed by atoms with Gasteiger partial charge in [0.15, 0.2) is 0 Å². The van der Waals surface area contributed by atoms with Crippen LogP contribution < -0.4 is 10.9 Å². The summed E-state index contributed by atoms with van der Waals surface area (Å²) in [7, 11) is 0. The Hall–Kier alpha value is -1.73. The summed E-state index contributed by atoms with van der Waals surface area (Å²) in [5.74, 6) is -0.0268. The summed E-state index contributed by atoms with van der Waals surface area (Å²) >= 11 is 3.38. The Balaban J connectivity index is 1.49. The fourth-order valence-corrected chi connectivity index (χ4v) is 3.68. The maximum absolute atomic E-state index is 12.5. The molecule has 3 rings (SSSR count). The highest BCUT2D eigenvalue weighted by atomic mass is 79.9. The van der Waals surface area contributed by atoms with Crippen molar-refractivity contribution in [2.24, 2.45) is 0 Å². The molecule has 2 heterocycles. The molecule has 2 aromatic rings. The van der Waals surface area contributed by atoms with Crippen molar-refractivity contribution in [2.45, 2.75) is 38.6 Å². The zero-order valence-electron chi connectivity index (χ0n) is 14.9. The molecule has 140 valence electrons. The lowest BCUT2D eigenvalue weighted by Crippen LogP contribution is -2.36. The highest BCUT2D eigenvalue weighted by molar-refractivity contribution is 9.10. The van der Waals surface area contributed by atoms with Gasteiger partial charge in [0.05, 0.1) is 17.2 Å². The molecule has 0 atom stereocenters. The van der Waals surface area contributed by atoms with Crippen LogP contribution in [0.1, 0.15) is 32.1 Å². The minimum atomic E-state index is -0.117. The van der Waals surface area contributed by atoms with Gasteiger partial charge in [0.25, 0.3) is 5.56 Å². The van der Waals surface area contributed by atoms with Crippen molar-refractivity contribution in [2.75, 3.05) is 26.2 Å². The molecule has 0 unspecified atom stereocenters. The van der Waals surface area contributed by atoms with E-state index in [9.17, 15) is 9.59 Å². The molecular formula is C19H25BrN4O2. The number of rotatable bonds is 6. The molecule has 1 aliphatic heterocycles. The largest absolute Gasteiger partial charge is 0.355 e. The van der Waals surface area contributed by atoms with Crippen LogP contribution in [0.5, 0.6) is 0 Å². The third-order valence-corrected chi connectivity index (χ3v) is 5.31. The SMILES string of the molecule is O=C(CCn1cnc2ccc(Br)cc2c1=O)NCCN1CCCCCC1. The van der Waals surface area contributed by atoms with Gasteiger partial charge in [0.1, 0.15) is 0 Å². The van der Waals surface area contributed by atoms with E-state index in [2.05, 4.69) is 31.1 Å². The third kappa shape index (κ3) is 5.14. The highest BCUT2D eigenvalue weighted by Gasteiger charge is 2.10. The van der Waals surface area contributed by atoms with Gasteiger partial charge in [-0.3, -0.25) is 14.2 Å². The van der Waals surface area contributed by atoms with E-state index in [1.54, 1.807) is 12.1 Å². The van der Waals surface area contributed by atoms with Gasteiger partial charge in [-0.05, 0) is 44.1 Å². The number of halogens is 1. The molecule has 1 fully saturated rings. The molecule has 1 amide bonds. The number of carbonyl (C=O) groups excluding carboxylic acids is 1. The molecule has 1 aromatic carbocycles. The number of nitrogens with zero attached hydrogens (tertiary/aromatic N) is 3. The van der Waals surface area contributed by atoms with Crippen LogP contribution in [-0.2, 0) is 11.3 Å². The van der Waals surface area contributed by atoms with E-state index in [1.165, 1.54) is 36.6 Å². The smallest absolute Gasteiger partial charge is 0.261 e. The lowest BCUT2D eigenvalue weighted by atomic mass is 10.2. The number of amides is 1. The number of carbonyl (C=O) groups is 1. The van der Waals surface area contributed by atoms with E-state index in [-0.39, 0.29) is 17.9 Å². The van der Waals surface area contributed by atoms with Gasteiger partial charge in [-0.15, -0.1) is 0 Å². The first-order valence-electron chi connectivity index (χ1n) is 9.27. The highest BCUT2D eigenvalue weighted by Crippen LogP contribution is 2.14. The second kappa shape index (κ2) is 9.28. The van der Waals surface area contributed by atoms with Crippen LogP contribution in [0.2, 0.25) is 0 Å². The maximum atomic E-state index is 12.5. The van der Waals surface area contributed by atoms with E-state index in [4.69, 9.17) is 0 Å². The van der Waals surface area contributed by atoms with Gasteiger partial charge in [0.2, 0.25) is 5.91 Å². The van der Waals surface area contributed by atoms with Crippen molar-refractivity contribution in [3.05, 3.63) is 39.4 Å². The van der Waals surface area contributed by atoms with Crippen molar-refractivity contribution in [1.82, 2.24) is 19.8 Å². The summed E-state index contributed by atoms with van der Waals surface area (Å²) in [5.41, 5.74) is 0.546. The predicted molar refractivity (Wildman–Crippen MR) is 106 cm³/mol. The first-order valence-corrected chi connectivity index (χ1v) is 10.1. The molecule has 7 heteroatoms. The second-order valence-electron chi connectivity index (χ2n) is 6.76. The summed E-state index contributed by atoms with van der Waals surface area (Å²) in [6, 6.07) is 5.43. The Labute approximate surface area is 161 Å². The minimum Gasteiger partial charge on any atom is -0.355 e. The molecule has 1 aromatic heterocycles. The molecule has 1 aliphatic rings. The van der Waals surface area contributed by atoms with Gasteiger partial charge >= 0.3 is 0 Å². The number of hydrogen-bond donors (Lipinski definition) is 1. The van der Waals surface area contributed by atoms with Gasteiger partial charge in [-0.2, -0.15) is 0 Å². The van der Waals surface area contributed by atoms with Crippen molar-refractivity contribution >= 4 is 32.7 Å². The average Bonchev–Trinajstić information content (AvgIpc) is 2.90. The summed E-state index contributed by atoms with van der Waals surface area (Å²) in [6.45, 7) is 4.16. The van der Waals surface area contributed by atoms with E-state index in [0.717, 1.165) is 24.1 Å². The Morgan fingerprint density at radius 1 is 1.15 bits per heavy atom. The number of hydrogen-bond acceptors (Lipinski definition) is 4.